The summed E-state index contributed by atoms with van der Waals surface area (Å²) in [4.78, 5) is 48.2. The predicted octanol–water partition coefficient (Wildman–Crippen LogP) is 0.688. The third kappa shape index (κ3) is 5.28. The van der Waals surface area contributed by atoms with E-state index in [1.54, 1.807) is 23.0 Å². The number of aromatic nitrogens is 3. The molecule has 4 heterocycles. The number of carboxylic acids is 1. The van der Waals surface area contributed by atoms with Gasteiger partial charge in [0.15, 0.2) is 20.9 Å². The second-order valence-corrected chi connectivity index (χ2v) is 9.93. The van der Waals surface area contributed by atoms with E-state index in [-0.39, 0.29) is 47.0 Å². The molecule has 1 saturated heterocycles. The average Bonchev–Trinajstić information content (AvgIpc) is 3.52. The molecule has 35 heavy (non-hydrogen) atoms. The lowest BCUT2D eigenvalue weighted by atomic mass is 9.92. The van der Waals surface area contributed by atoms with Gasteiger partial charge in [-0.1, -0.05) is 34.3 Å². The summed E-state index contributed by atoms with van der Waals surface area (Å²) in [6.07, 6.45) is 3.46. The highest BCUT2D eigenvalue weighted by Gasteiger charge is 2.55. The Morgan fingerprint density at radius 1 is 1.49 bits per heavy atom. The summed E-state index contributed by atoms with van der Waals surface area (Å²) < 4.78 is 6.32. The van der Waals surface area contributed by atoms with Gasteiger partial charge in [-0.05, 0) is 13.0 Å². The van der Waals surface area contributed by atoms with E-state index in [1.807, 2.05) is 6.92 Å². The van der Waals surface area contributed by atoms with Gasteiger partial charge in [-0.2, -0.15) is 0 Å². The number of nitrogens with zero attached hydrogens (tertiary/aromatic N) is 5. The van der Waals surface area contributed by atoms with Crippen LogP contribution in [0.1, 0.15) is 12.6 Å². The van der Waals surface area contributed by atoms with Crippen LogP contribution in [0, 0.1) is 0 Å². The molecule has 2 aliphatic heterocycles. The van der Waals surface area contributed by atoms with Gasteiger partial charge in [0, 0.05) is 5.38 Å². The largest absolute Gasteiger partial charge is 0.492 e. The number of carbonyl (C=O) groups excluding carboxylic acids is 2. The van der Waals surface area contributed by atoms with Crippen LogP contribution in [-0.2, 0) is 24.0 Å². The number of β-lactam (4-membered cyclic amide) rings is 1. The third-order valence-electron chi connectivity index (χ3n) is 4.85. The Hall–Kier alpha value is -3.50. The normalized spacial score (nSPS) is 19.9. The number of nitrogen functional groups attached to an aromatic ring is 1. The smallest absolute Gasteiger partial charge is 0.356 e. The van der Waals surface area contributed by atoms with Crippen LogP contribution in [0.2, 0.25) is 0 Å². The van der Waals surface area contributed by atoms with E-state index in [0.29, 0.717) is 4.34 Å². The molecule has 184 valence electrons. The van der Waals surface area contributed by atoms with Crippen molar-refractivity contribution in [3.05, 3.63) is 40.2 Å². The summed E-state index contributed by atoms with van der Waals surface area (Å²) in [5, 5.41) is 25.6. The number of allylic oxidation sites excluding steroid dienone is 1. The predicted molar refractivity (Wildman–Crippen MR) is 128 cm³/mol. The molecule has 0 bridgehead atoms. The zero-order valence-electron chi connectivity index (χ0n) is 18.1. The van der Waals surface area contributed by atoms with Gasteiger partial charge in [-0.15, -0.1) is 21.5 Å². The zero-order chi connectivity index (χ0) is 24.9. The minimum Gasteiger partial charge on any atom is -0.492 e. The maximum absolute atomic E-state index is 13.0. The van der Waals surface area contributed by atoms with Crippen molar-refractivity contribution in [3.63, 3.8) is 0 Å². The van der Waals surface area contributed by atoms with Gasteiger partial charge in [0.2, 0.25) is 0 Å². The second-order valence-electron chi connectivity index (χ2n) is 6.98. The number of thiazole rings is 1. The van der Waals surface area contributed by atoms with Crippen molar-refractivity contribution in [1.29, 1.82) is 0 Å². The van der Waals surface area contributed by atoms with Gasteiger partial charge in [0.25, 0.3) is 11.8 Å². The number of hydrogen-bond acceptors (Lipinski definition) is 13. The Kier molecular flexibility index (Phi) is 7.62. The van der Waals surface area contributed by atoms with Crippen LogP contribution < -0.4 is 11.1 Å². The number of oxime groups is 1. The number of amides is 2. The van der Waals surface area contributed by atoms with Gasteiger partial charge < -0.3 is 25.7 Å². The number of aliphatic carboxylic acids is 1. The van der Waals surface area contributed by atoms with Gasteiger partial charge >= 0.3 is 5.97 Å². The molecule has 0 radical (unpaired) electrons. The summed E-state index contributed by atoms with van der Waals surface area (Å²) >= 11 is 3.67. The van der Waals surface area contributed by atoms with Crippen LogP contribution >= 0.6 is 34.4 Å². The first-order chi connectivity index (χ1) is 16.9. The van der Waals surface area contributed by atoms with Crippen molar-refractivity contribution < 1.29 is 29.1 Å². The minimum atomic E-state index is -1.31. The van der Waals surface area contributed by atoms with Crippen LogP contribution in [0.4, 0.5) is 5.13 Å². The summed E-state index contributed by atoms with van der Waals surface area (Å²) in [7, 11) is 0. The summed E-state index contributed by atoms with van der Waals surface area (Å²) in [6.45, 7) is 1.94. The molecule has 0 aromatic carbocycles. The van der Waals surface area contributed by atoms with Crippen molar-refractivity contribution in [2.24, 2.45) is 5.16 Å². The molecule has 2 amide bonds. The first kappa shape index (κ1) is 24.6. The van der Waals surface area contributed by atoms with Gasteiger partial charge in [-0.3, -0.25) is 14.5 Å². The molecule has 1 fully saturated rings. The number of carbonyl (C=O) groups is 3. The summed E-state index contributed by atoms with van der Waals surface area (Å²) in [6, 6.07) is -1.70. The topological polar surface area (TPSA) is 182 Å². The van der Waals surface area contributed by atoms with Crippen LogP contribution in [0.15, 0.2) is 44.0 Å². The van der Waals surface area contributed by atoms with E-state index in [0.717, 1.165) is 16.2 Å². The van der Waals surface area contributed by atoms with E-state index >= 15 is 0 Å². The first-order valence-electron chi connectivity index (χ1n) is 10.0. The Morgan fingerprint density at radius 2 is 2.31 bits per heavy atom. The maximum atomic E-state index is 13.0. The van der Waals surface area contributed by atoms with Gasteiger partial charge in [0.05, 0.1) is 5.75 Å². The number of fused-ring (bicyclic) bond motifs is 1. The van der Waals surface area contributed by atoms with Crippen LogP contribution in [0.3, 0.4) is 0 Å². The second kappa shape index (κ2) is 10.8. The number of thioether (sulfide) groups is 1. The highest BCUT2D eigenvalue weighted by molar-refractivity contribution is 8.01. The highest BCUT2D eigenvalue weighted by Crippen LogP contribution is 2.35. The molecule has 0 saturated carbocycles. The molecule has 4 N–H and O–H groups in total. The molecule has 16 heteroatoms. The van der Waals surface area contributed by atoms with Gasteiger partial charge in [-0.25, -0.2) is 9.78 Å². The van der Waals surface area contributed by atoms with Crippen molar-refractivity contribution in [3.8, 4) is 0 Å². The molecular formula is C19H19N7O6S3. The molecule has 0 aliphatic carbocycles. The van der Waals surface area contributed by atoms with Crippen LogP contribution in [0.25, 0.3) is 0 Å². The van der Waals surface area contributed by atoms with Crippen molar-refractivity contribution in [2.45, 2.75) is 23.3 Å². The lowest BCUT2D eigenvalue weighted by Crippen LogP contribution is -2.73. The maximum Gasteiger partial charge on any atom is 0.356 e. The number of nitrogens with two attached hydrogens (primary N) is 1. The summed E-state index contributed by atoms with van der Waals surface area (Å²) in [5.74, 6) is -2.29. The molecular weight excluding hydrogens is 518 g/mol. The molecule has 2 aliphatic rings. The van der Waals surface area contributed by atoms with E-state index in [1.165, 1.54) is 23.1 Å². The lowest BCUT2D eigenvalue weighted by molar-refractivity contribution is -0.160. The first-order valence-corrected chi connectivity index (χ1v) is 12.8. The number of hydrogen-bond donors (Lipinski definition) is 3. The number of rotatable bonds is 10. The molecule has 2 aromatic rings. The number of ether oxygens (including phenoxy) is 1. The fraction of sp³-hybridized carbons (Fsp3) is 0.316. The SMILES string of the molecule is C/C=C/CO/N=C(\C(=O)NC1C(=O)N2C(C(=O)O)=C(CSc3nncs3)OCC12)c1csc(N)n1. The van der Waals surface area contributed by atoms with E-state index in [9.17, 15) is 19.5 Å². The van der Waals surface area contributed by atoms with Crippen LogP contribution in [0.5, 0.6) is 0 Å². The molecule has 0 spiro atoms. The molecule has 2 unspecified atom stereocenters. The lowest BCUT2D eigenvalue weighted by Gasteiger charge is -2.49. The Bertz CT molecular complexity index is 1210. The Labute approximate surface area is 210 Å². The van der Waals surface area contributed by atoms with Crippen molar-refractivity contribution in [1.82, 2.24) is 25.4 Å². The molecule has 13 nitrogen and oxygen atoms in total. The number of anilines is 1. The molecule has 2 atom stereocenters. The quantitative estimate of drug-likeness (QED) is 0.0968. The zero-order valence-corrected chi connectivity index (χ0v) is 20.6. The monoisotopic (exact) mass is 537 g/mol. The fourth-order valence-electron chi connectivity index (χ4n) is 3.28. The van der Waals surface area contributed by atoms with Crippen LogP contribution in [-0.4, -0.2) is 79.7 Å². The Morgan fingerprint density at radius 3 is 2.97 bits per heavy atom. The molecule has 2 aromatic heterocycles. The highest BCUT2D eigenvalue weighted by atomic mass is 32.2. The number of carboxylic acid groups (broad SMARTS) is 1. The standard InChI is InChI=1S/C19H19N7O6S3/c1-2-3-4-32-25-12(9-6-33-18(20)22-9)15(27)23-13-10-5-31-11(7-34-19-24-21-8-35-19)14(17(29)30)26(10)16(13)28/h2-3,6,8,10,13H,4-5,7H2,1H3,(H2,20,22)(H,23,27)(H,29,30)/b3-2+,25-12-. The van der Waals surface area contributed by atoms with Crippen molar-refractivity contribution in [2.75, 3.05) is 24.7 Å². The average molecular weight is 538 g/mol. The third-order valence-corrected chi connectivity index (χ3v) is 7.39. The Balaban J connectivity index is 1.48. The minimum absolute atomic E-state index is 0.00734. The van der Waals surface area contributed by atoms with E-state index < -0.39 is 29.9 Å². The fourth-order valence-corrected chi connectivity index (χ4v) is 5.26. The molecule has 4 rings (SSSR count). The van der Waals surface area contributed by atoms with E-state index in [4.69, 9.17) is 15.3 Å². The van der Waals surface area contributed by atoms with Crippen molar-refractivity contribution >= 4 is 63.1 Å². The van der Waals surface area contributed by atoms with Gasteiger partial charge in [0.1, 0.15) is 42.3 Å². The summed E-state index contributed by atoms with van der Waals surface area (Å²) in [5.41, 5.74) is 7.01. The number of nitrogens with one attached hydrogen (secondary N) is 1. The van der Waals surface area contributed by atoms with E-state index in [2.05, 4.69) is 25.7 Å².